The summed E-state index contributed by atoms with van der Waals surface area (Å²) in [6.07, 6.45) is 0.532. The lowest BCUT2D eigenvalue weighted by Crippen LogP contribution is -2.16. The van der Waals surface area contributed by atoms with Crippen molar-refractivity contribution in [2.75, 3.05) is 15.8 Å². The Hall–Kier alpha value is -3.20. The lowest BCUT2D eigenvalue weighted by atomic mass is 10.0. The van der Waals surface area contributed by atoms with Crippen LogP contribution in [0.4, 0.5) is 11.4 Å². The summed E-state index contributed by atoms with van der Waals surface area (Å²) in [5.74, 6) is 0.579. The standard InChI is InChI=1S/C22H27N5O3S/c1-5-14-31(29,30)26-18-12-10-17(11-13-18)24-22(28)21-23-16(4)27(25-21)20-9-7-6-8-19(20)15(2)3/h6-13,15,26H,5,14H2,1-4H3,(H,24,28). The molecule has 0 aliphatic rings. The number of hydrogen-bond donors (Lipinski definition) is 2. The van der Waals surface area contributed by atoms with Gasteiger partial charge >= 0.3 is 0 Å². The SMILES string of the molecule is CCCS(=O)(=O)Nc1ccc(NC(=O)c2nc(C)n(-c3ccccc3C(C)C)n2)cc1. The first-order chi connectivity index (χ1) is 14.7. The van der Waals surface area contributed by atoms with Gasteiger partial charge in [-0.3, -0.25) is 9.52 Å². The highest BCUT2D eigenvalue weighted by Gasteiger charge is 2.18. The second-order valence-electron chi connectivity index (χ2n) is 7.56. The summed E-state index contributed by atoms with van der Waals surface area (Å²) in [5.41, 5.74) is 2.96. The number of nitrogens with one attached hydrogen (secondary N) is 2. The number of benzene rings is 2. The molecule has 0 bridgehead atoms. The van der Waals surface area contributed by atoms with Crippen LogP contribution in [0.5, 0.6) is 0 Å². The van der Waals surface area contributed by atoms with Crippen molar-refractivity contribution in [3.8, 4) is 5.69 Å². The molecule has 0 spiro atoms. The van der Waals surface area contributed by atoms with Gasteiger partial charge in [-0.15, -0.1) is 5.10 Å². The number of anilines is 2. The minimum atomic E-state index is -3.36. The van der Waals surface area contributed by atoms with E-state index in [1.165, 1.54) is 0 Å². The van der Waals surface area contributed by atoms with E-state index in [9.17, 15) is 13.2 Å². The molecule has 0 fully saturated rings. The van der Waals surface area contributed by atoms with Crippen LogP contribution in [0.2, 0.25) is 0 Å². The Labute approximate surface area is 182 Å². The highest BCUT2D eigenvalue weighted by molar-refractivity contribution is 7.92. The minimum absolute atomic E-state index is 0.0547. The van der Waals surface area contributed by atoms with Crippen LogP contribution in [-0.2, 0) is 10.0 Å². The molecule has 0 unspecified atom stereocenters. The van der Waals surface area contributed by atoms with E-state index in [1.807, 2.05) is 24.3 Å². The van der Waals surface area contributed by atoms with Gasteiger partial charge in [0.2, 0.25) is 15.8 Å². The number of hydrogen-bond acceptors (Lipinski definition) is 5. The van der Waals surface area contributed by atoms with Gasteiger partial charge in [-0.2, -0.15) is 0 Å². The van der Waals surface area contributed by atoms with Crippen molar-refractivity contribution >= 4 is 27.3 Å². The van der Waals surface area contributed by atoms with E-state index in [0.29, 0.717) is 29.5 Å². The molecule has 0 saturated heterocycles. The van der Waals surface area contributed by atoms with Crippen LogP contribution in [0, 0.1) is 6.92 Å². The zero-order chi connectivity index (χ0) is 22.6. The molecule has 3 aromatic rings. The molecule has 0 radical (unpaired) electrons. The highest BCUT2D eigenvalue weighted by atomic mass is 32.2. The van der Waals surface area contributed by atoms with Crippen molar-refractivity contribution in [1.82, 2.24) is 14.8 Å². The molecule has 0 atom stereocenters. The fourth-order valence-corrected chi connectivity index (χ4v) is 4.33. The van der Waals surface area contributed by atoms with Crippen molar-refractivity contribution in [3.63, 3.8) is 0 Å². The van der Waals surface area contributed by atoms with Crippen molar-refractivity contribution in [1.29, 1.82) is 0 Å². The highest BCUT2D eigenvalue weighted by Crippen LogP contribution is 2.23. The summed E-state index contributed by atoms with van der Waals surface area (Å²) in [7, 11) is -3.36. The number of rotatable bonds is 8. The molecular formula is C22H27N5O3S. The summed E-state index contributed by atoms with van der Waals surface area (Å²) in [5, 5.41) is 7.16. The molecule has 0 aliphatic carbocycles. The smallest absolute Gasteiger partial charge is 0.295 e. The Morgan fingerprint density at radius 2 is 1.71 bits per heavy atom. The lowest BCUT2D eigenvalue weighted by molar-refractivity contribution is 0.101. The summed E-state index contributed by atoms with van der Waals surface area (Å²) < 4.78 is 27.9. The van der Waals surface area contributed by atoms with Gasteiger partial charge in [-0.1, -0.05) is 39.0 Å². The lowest BCUT2D eigenvalue weighted by Gasteiger charge is -2.12. The number of carbonyl (C=O) groups excluding carboxylic acids is 1. The molecule has 2 N–H and O–H groups in total. The summed E-state index contributed by atoms with van der Waals surface area (Å²) in [4.78, 5) is 17.0. The third-order valence-electron chi connectivity index (χ3n) is 4.65. The first-order valence-electron chi connectivity index (χ1n) is 10.1. The molecule has 3 rings (SSSR count). The molecule has 0 saturated carbocycles. The summed E-state index contributed by atoms with van der Waals surface area (Å²) >= 11 is 0. The Kier molecular flexibility index (Phi) is 6.74. The molecule has 1 amide bonds. The van der Waals surface area contributed by atoms with Crippen molar-refractivity contribution < 1.29 is 13.2 Å². The van der Waals surface area contributed by atoms with Crippen LogP contribution in [0.3, 0.4) is 0 Å². The molecule has 0 aliphatic heterocycles. The molecule has 164 valence electrons. The number of sulfonamides is 1. The van der Waals surface area contributed by atoms with Crippen LogP contribution in [0.15, 0.2) is 48.5 Å². The first-order valence-corrected chi connectivity index (χ1v) is 11.8. The number of amides is 1. The van der Waals surface area contributed by atoms with Crippen molar-refractivity contribution in [2.45, 2.75) is 40.0 Å². The molecule has 9 heteroatoms. The molecule has 1 heterocycles. The zero-order valence-electron chi connectivity index (χ0n) is 18.1. The molecular weight excluding hydrogens is 414 g/mol. The predicted molar refractivity (Wildman–Crippen MR) is 122 cm³/mol. The van der Waals surface area contributed by atoms with Gasteiger partial charge in [0.25, 0.3) is 5.91 Å². The predicted octanol–water partition coefficient (Wildman–Crippen LogP) is 4.10. The second-order valence-corrected chi connectivity index (χ2v) is 9.40. The third-order valence-corrected chi connectivity index (χ3v) is 6.14. The van der Waals surface area contributed by atoms with Crippen LogP contribution in [0.1, 0.15) is 55.1 Å². The fraction of sp³-hybridized carbons (Fsp3) is 0.318. The number of para-hydroxylation sites is 1. The largest absolute Gasteiger partial charge is 0.319 e. The maximum atomic E-state index is 12.7. The Balaban J connectivity index is 1.76. The van der Waals surface area contributed by atoms with E-state index in [1.54, 1.807) is 42.8 Å². The van der Waals surface area contributed by atoms with E-state index < -0.39 is 15.9 Å². The first kappa shape index (κ1) is 22.5. The monoisotopic (exact) mass is 441 g/mol. The average Bonchev–Trinajstić information content (AvgIpc) is 3.11. The van der Waals surface area contributed by atoms with E-state index in [2.05, 4.69) is 34.0 Å². The number of carbonyl (C=O) groups is 1. The number of nitrogens with zero attached hydrogens (tertiary/aromatic N) is 3. The van der Waals surface area contributed by atoms with Gasteiger partial charge < -0.3 is 5.32 Å². The molecule has 8 nitrogen and oxygen atoms in total. The zero-order valence-corrected chi connectivity index (χ0v) is 18.9. The van der Waals surface area contributed by atoms with Crippen LogP contribution in [0.25, 0.3) is 5.69 Å². The fourth-order valence-electron chi connectivity index (χ4n) is 3.19. The maximum Gasteiger partial charge on any atom is 0.295 e. The van der Waals surface area contributed by atoms with E-state index >= 15 is 0 Å². The van der Waals surface area contributed by atoms with Crippen LogP contribution >= 0.6 is 0 Å². The Morgan fingerprint density at radius 1 is 1.06 bits per heavy atom. The maximum absolute atomic E-state index is 12.7. The quantitative estimate of drug-likeness (QED) is 0.547. The van der Waals surface area contributed by atoms with Crippen LogP contribution in [-0.4, -0.2) is 34.8 Å². The number of aromatic nitrogens is 3. The van der Waals surface area contributed by atoms with E-state index in [0.717, 1.165) is 11.3 Å². The average molecular weight is 442 g/mol. The number of aryl methyl sites for hydroxylation is 1. The Bertz CT molecular complexity index is 1170. The van der Waals surface area contributed by atoms with E-state index in [4.69, 9.17) is 0 Å². The van der Waals surface area contributed by atoms with E-state index in [-0.39, 0.29) is 11.6 Å². The topological polar surface area (TPSA) is 106 Å². The Morgan fingerprint density at radius 3 is 2.35 bits per heavy atom. The summed E-state index contributed by atoms with van der Waals surface area (Å²) in [6, 6.07) is 14.3. The summed E-state index contributed by atoms with van der Waals surface area (Å²) in [6.45, 7) is 7.81. The van der Waals surface area contributed by atoms with Gasteiger partial charge in [0.05, 0.1) is 11.4 Å². The third kappa shape index (κ3) is 5.49. The van der Waals surface area contributed by atoms with Crippen LogP contribution < -0.4 is 10.0 Å². The minimum Gasteiger partial charge on any atom is -0.319 e. The van der Waals surface area contributed by atoms with Crippen molar-refractivity contribution in [2.24, 2.45) is 0 Å². The molecule has 2 aromatic carbocycles. The van der Waals surface area contributed by atoms with Gasteiger partial charge in [0, 0.05) is 11.4 Å². The molecule has 31 heavy (non-hydrogen) atoms. The van der Waals surface area contributed by atoms with Crippen molar-refractivity contribution in [3.05, 3.63) is 65.7 Å². The molecule has 1 aromatic heterocycles. The van der Waals surface area contributed by atoms with Gasteiger partial charge in [0.15, 0.2) is 0 Å². The normalized spacial score (nSPS) is 11.5. The van der Waals surface area contributed by atoms with Gasteiger partial charge in [-0.05, 0) is 55.2 Å². The van der Waals surface area contributed by atoms with Gasteiger partial charge in [-0.25, -0.2) is 18.1 Å². The van der Waals surface area contributed by atoms with Gasteiger partial charge in [0.1, 0.15) is 5.82 Å². The second kappa shape index (κ2) is 9.30.